The average Bonchev–Trinajstić information content (AvgIpc) is 3.04. The molecule has 0 aromatic carbocycles. The minimum absolute atomic E-state index is 0.168. The summed E-state index contributed by atoms with van der Waals surface area (Å²) >= 11 is 0. The highest BCUT2D eigenvalue weighted by atomic mass is 16.4. The molecule has 0 amide bonds. The van der Waals surface area contributed by atoms with Crippen molar-refractivity contribution in [2.75, 3.05) is 0 Å². The summed E-state index contributed by atoms with van der Waals surface area (Å²) in [4.78, 5) is 0. The Hall–Kier alpha value is -1.05. The van der Waals surface area contributed by atoms with E-state index in [2.05, 4.69) is 58.0 Å². The molecule has 0 spiro atoms. The van der Waals surface area contributed by atoms with Gasteiger partial charge in [0, 0.05) is 5.41 Å². The second-order valence-electron chi connectivity index (χ2n) is 11.8. The van der Waals surface area contributed by atoms with E-state index in [1.54, 1.807) is 0 Å². The minimum Gasteiger partial charge on any atom is -0.411 e. The fourth-order valence-electron chi connectivity index (χ4n) is 8.37. The Kier molecular flexibility index (Phi) is 5.77. The van der Waals surface area contributed by atoms with E-state index in [9.17, 15) is 5.21 Å². The van der Waals surface area contributed by atoms with Crippen molar-refractivity contribution in [1.82, 2.24) is 0 Å². The van der Waals surface area contributed by atoms with E-state index in [0.29, 0.717) is 11.3 Å². The molecule has 0 aliphatic heterocycles. The molecule has 2 nitrogen and oxygen atoms in total. The van der Waals surface area contributed by atoms with Gasteiger partial charge in [0.05, 0.1) is 5.71 Å². The summed E-state index contributed by atoms with van der Waals surface area (Å²) in [5.41, 5.74) is 2.96. The standard InChI is InChI=1S/C27H43NO/c1-18(2)9-8-10-19(3)21-12-13-22-20-17-25(28-29)24-11-6-7-15-26(24,4)23(20)14-16-27(21,22)5/h6-7,11,18-23,29H,8-10,12-17H2,1-5H3/b28-25+/t19?,20?,21-,22?,23?,26-,27-/m1/s1. The van der Waals surface area contributed by atoms with Crippen molar-refractivity contribution < 1.29 is 5.21 Å². The summed E-state index contributed by atoms with van der Waals surface area (Å²) < 4.78 is 0. The van der Waals surface area contributed by atoms with Crippen molar-refractivity contribution in [3.8, 4) is 0 Å². The Morgan fingerprint density at radius 3 is 2.62 bits per heavy atom. The zero-order valence-electron chi connectivity index (χ0n) is 19.5. The molecule has 4 aliphatic rings. The van der Waals surface area contributed by atoms with E-state index >= 15 is 0 Å². The lowest BCUT2D eigenvalue weighted by Gasteiger charge is -2.58. The molecule has 0 aromatic rings. The van der Waals surface area contributed by atoms with Crippen LogP contribution in [0.5, 0.6) is 0 Å². The van der Waals surface area contributed by atoms with Crippen LogP contribution in [0.25, 0.3) is 0 Å². The number of hydrogen-bond acceptors (Lipinski definition) is 2. The quantitative estimate of drug-likeness (QED) is 0.375. The predicted octanol–water partition coefficient (Wildman–Crippen LogP) is 7.63. The number of oxime groups is 1. The van der Waals surface area contributed by atoms with E-state index < -0.39 is 0 Å². The molecular weight excluding hydrogens is 354 g/mol. The van der Waals surface area contributed by atoms with Crippen molar-refractivity contribution in [3.05, 3.63) is 23.8 Å². The third kappa shape index (κ3) is 3.43. The highest BCUT2D eigenvalue weighted by Gasteiger charge is 2.60. The lowest BCUT2D eigenvalue weighted by atomic mass is 9.46. The SMILES string of the molecule is CC(C)CCCC(C)[C@H]1CCC2C3C/C(=N\O)C4=CC=CC[C@]4(C)C3CC[C@@]21C. The van der Waals surface area contributed by atoms with Gasteiger partial charge in [0.25, 0.3) is 0 Å². The van der Waals surface area contributed by atoms with Crippen LogP contribution in [0.1, 0.15) is 92.4 Å². The average molecular weight is 398 g/mol. The fraction of sp³-hybridized carbons (Fsp3) is 0.815. The van der Waals surface area contributed by atoms with Gasteiger partial charge in [-0.3, -0.25) is 0 Å². The van der Waals surface area contributed by atoms with Gasteiger partial charge >= 0.3 is 0 Å². The Balaban J connectivity index is 1.55. The van der Waals surface area contributed by atoms with Crippen molar-refractivity contribution in [2.45, 2.75) is 92.4 Å². The molecule has 4 aliphatic carbocycles. The Bertz CT molecular complexity index is 703. The number of hydrogen-bond donors (Lipinski definition) is 1. The van der Waals surface area contributed by atoms with Crippen molar-refractivity contribution >= 4 is 5.71 Å². The number of nitrogens with zero attached hydrogens (tertiary/aromatic N) is 1. The maximum Gasteiger partial charge on any atom is 0.0836 e. The maximum atomic E-state index is 9.84. The normalized spacial score (nSPS) is 43.7. The summed E-state index contributed by atoms with van der Waals surface area (Å²) in [6.45, 7) is 12.3. The van der Waals surface area contributed by atoms with E-state index in [4.69, 9.17) is 0 Å². The van der Waals surface area contributed by atoms with Gasteiger partial charge in [-0.05, 0) is 85.0 Å². The smallest absolute Gasteiger partial charge is 0.0836 e. The molecule has 162 valence electrons. The maximum absolute atomic E-state index is 9.84. The van der Waals surface area contributed by atoms with Crippen LogP contribution < -0.4 is 0 Å². The van der Waals surface area contributed by atoms with Crippen LogP contribution in [0.4, 0.5) is 0 Å². The van der Waals surface area contributed by atoms with Crippen LogP contribution in [-0.2, 0) is 0 Å². The van der Waals surface area contributed by atoms with Crippen LogP contribution >= 0.6 is 0 Å². The summed E-state index contributed by atoms with van der Waals surface area (Å²) in [5, 5.41) is 13.7. The largest absolute Gasteiger partial charge is 0.411 e. The summed E-state index contributed by atoms with van der Waals surface area (Å²) in [6.07, 6.45) is 18.6. The fourth-order valence-corrected chi connectivity index (χ4v) is 8.37. The second kappa shape index (κ2) is 7.89. The molecule has 0 heterocycles. The van der Waals surface area contributed by atoms with Crippen LogP contribution in [0.3, 0.4) is 0 Å². The van der Waals surface area contributed by atoms with Gasteiger partial charge in [-0.1, -0.05) is 77.3 Å². The first kappa shape index (κ1) is 21.2. The van der Waals surface area contributed by atoms with Crippen LogP contribution in [0, 0.1) is 46.3 Å². The van der Waals surface area contributed by atoms with Gasteiger partial charge in [-0.2, -0.15) is 0 Å². The number of rotatable bonds is 5. The molecule has 29 heavy (non-hydrogen) atoms. The van der Waals surface area contributed by atoms with Gasteiger partial charge in [-0.15, -0.1) is 0 Å². The highest BCUT2D eigenvalue weighted by molar-refractivity contribution is 6.02. The lowest BCUT2D eigenvalue weighted by Crippen LogP contribution is -2.52. The van der Waals surface area contributed by atoms with Gasteiger partial charge in [0.1, 0.15) is 0 Å². The van der Waals surface area contributed by atoms with Crippen molar-refractivity contribution in [3.63, 3.8) is 0 Å². The highest BCUT2D eigenvalue weighted by Crippen LogP contribution is 2.67. The first-order valence-corrected chi connectivity index (χ1v) is 12.4. The zero-order valence-corrected chi connectivity index (χ0v) is 19.5. The first-order chi connectivity index (χ1) is 13.8. The number of allylic oxidation sites excluding steroid dienone is 4. The molecule has 0 radical (unpaired) electrons. The molecule has 4 rings (SSSR count). The van der Waals surface area contributed by atoms with E-state index in [-0.39, 0.29) is 5.41 Å². The Morgan fingerprint density at radius 1 is 1.10 bits per heavy atom. The van der Waals surface area contributed by atoms with E-state index in [1.165, 1.54) is 50.5 Å². The van der Waals surface area contributed by atoms with Crippen molar-refractivity contribution in [1.29, 1.82) is 0 Å². The van der Waals surface area contributed by atoms with E-state index in [0.717, 1.165) is 48.1 Å². The monoisotopic (exact) mass is 397 g/mol. The summed E-state index contributed by atoms with van der Waals surface area (Å²) in [6, 6.07) is 0. The van der Waals surface area contributed by atoms with Gasteiger partial charge in [-0.25, -0.2) is 0 Å². The molecule has 0 saturated heterocycles. The summed E-state index contributed by atoms with van der Waals surface area (Å²) in [7, 11) is 0. The van der Waals surface area contributed by atoms with Crippen LogP contribution in [0.15, 0.2) is 29.0 Å². The van der Waals surface area contributed by atoms with Crippen LogP contribution in [-0.4, -0.2) is 10.9 Å². The molecule has 0 aromatic heterocycles. The summed E-state index contributed by atoms with van der Waals surface area (Å²) in [5.74, 6) is 4.80. The number of fused-ring (bicyclic) bond motifs is 5. The molecular formula is C27H43NO. The van der Waals surface area contributed by atoms with Gasteiger partial charge < -0.3 is 5.21 Å². The molecule has 3 saturated carbocycles. The van der Waals surface area contributed by atoms with Crippen LogP contribution in [0.2, 0.25) is 0 Å². The van der Waals surface area contributed by atoms with Gasteiger partial charge in [0.15, 0.2) is 0 Å². The third-order valence-electron chi connectivity index (χ3n) is 9.87. The van der Waals surface area contributed by atoms with E-state index in [1.807, 2.05) is 0 Å². The molecule has 3 fully saturated rings. The lowest BCUT2D eigenvalue weighted by molar-refractivity contribution is -0.0402. The van der Waals surface area contributed by atoms with Crippen molar-refractivity contribution in [2.24, 2.45) is 51.5 Å². The molecule has 4 unspecified atom stereocenters. The van der Waals surface area contributed by atoms with Gasteiger partial charge in [0.2, 0.25) is 0 Å². The molecule has 7 atom stereocenters. The first-order valence-electron chi connectivity index (χ1n) is 12.4. The Labute approximate surface area is 178 Å². The second-order valence-corrected chi connectivity index (χ2v) is 11.8. The predicted molar refractivity (Wildman–Crippen MR) is 122 cm³/mol. The Morgan fingerprint density at radius 2 is 1.90 bits per heavy atom. The topological polar surface area (TPSA) is 32.6 Å². The molecule has 2 heteroatoms. The zero-order chi connectivity index (χ0) is 20.8. The molecule has 0 bridgehead atoms. The minimum atomic E-state index is 0.168. The molecule has 1 N–H and O–H groups in total. The third-order valence-corrected chi connectivity index (χ3v) is 9.87.